The summed E-state index contributed by atoms with van der Waals surface area (Å²) >= 11 is 0. The summed E-state index contributed by atoms with van der Waals surface area (Å²) in [6.07, 6.45) is 7.41. The summed E-state index contributed by atoms with van der Waals surface area (Å²) in [5.41, 5.74) is 0. The first-order valence-electron chi connectivity index (χ1n) is 7.12. The van der Waals surface area contributed by atoms with E-state index in [4.69, 9.17) is 0 Å². The van der Waals surface area contributed by atoms with Gasteiger partial charge in [-0.15, -0.1) is 0 Å². The molecule has 3 rings (SSSR count). The Hall–Kier alpha value is -0.770. The van der Waals surface area contributed by atoms with E-state index in [2.05, 4.69) is 10.2 Å². The van der Waals surface area contributed by atoms with Gasteiger partial charge < -0.3 is 15.1 Å². The van der Waals surface area contributed by atoms with Crippen LogP contribution in [0.25, 0.3) is 0 Å². The van der Waals surface area contributed by atoms with Crippen LogP contribution in [0.4, 0.5) is 4.79 Å². The number of carbonyl (C=O) groups excluding carboxylic acids is 1. The molecule has 0 aromatic rings. The second-order valence-electron chi connectivity index (χ2n) is 5.69. The third-order valence-corrected chi connectivity index (χ3v) is 4.31. The van der Waals surface area contributed by atoms with Crippen LogP contribution in [0.15, 0.2) is 0 Å². The van der Waals surface area contributed by atoms with E-state index in [1.54, 1.807) is 0 Å². The van der Waals surface area contributed by atoms with Gasteiger partial charge in [-0.1, -0.05) is 0 Å². The minimum Gasteiger partial charge on any atom is -0.335 e. The molecule has 2 saturated heterocycles. The number of urea groups is 1. The molecule has 0 atom stereocenters. The van der Waals surface area contributed by atoms with E-state index in [0.717, 1.165) is 32.0 Å². The van der Waals surface area contributed by atoms with E-state index in [0.29, 0.717) is 6.04 Å². The van der Waals surface area contributed by atoms with Crippen molar-refractivity contribution in [1.29, 1.82) is 0 Å². The zero-order valence-electron chi connectivity index (χ0n) is 10.5. The molecule has 1 aliphatic carbocycles. The van der Waals surface area contributed by atoms with Crippen LogP contribution in [-0.2, 0) is 0 Å². The van der Waals surface area contributed by atoms with Crippen molar-refractivity contribution in [2.24, 2.45) is 0 Å². The maximum atomic E-state index is 11.9. The van der Waals surface area contributed by atoms with Crippen molar-refractivity contribution >= 4 is 6.03 Å². The number of likely N-dealkylation sites (tertiary alicyclic amines) is 2. The first-order valence-corrected chi connectivity index (χ1v) is 7.12. The average Bonchev–Trinajstić information content (AvgIpc) is 3.05. The van der Waals surface area contributed by atoms with Crippen LogP contribution >= 0.6 is 0 Å². The van der Waals surface area contributed by atoms with Crippen molar-refractivity contribution in [3.05, 3.63) is 0 Å². The fraction of sp³-hybridized carbons (Fsp3) is 0.923. The highest BCUT2D eigenvalue weighted by molar-refractivity contribution is 5.74. The molecule has 96 valence electrons. The SMILES string of the molecule is O=C(NC1CCN(C2CC2)CC1)N1CCCC1. The minimum atomic E-state index is 0.173. The highest BCUT2D eigenvalue weighted by Gasteiger charge is 2.32. The van der Waals surface area contributed by atoms with E-state index in [9.17, 15) is 4.79 Å². The van der Waals surface area contributed by atoms with Gasteiger partial charge >= 0.3 is 6.03 Å². The van der Waals surface area contributed by atoms with Crippen LogP contribution < -0.4 is 5.32 Å². The van der Waals surface area contributed by atoms with Gasteiger partial charge in [0.05, 0.1) is 0 Å². The maximum absolute atomic E-state index is 11.9. The van der Waals surface area contributed by atoms with Crippen molar-refractivity contribution in [3.8, 4) is 0 Å². The molecular formula is C13H23N3O. The van der Waals surface area contributed by atoms with Gasteiger partial charge in [-0.3, -0.25) is 0 Å². The molecule has 2 heterocycles. The second-order valence-corrected chi connectivity index (χ2v) is 5.69. The van der Waals surface area contributed by atoms with Crippen LogP contribution in [0.3, 0.4) is 0 Å². The van der Waals surface area contributed by atoms with Gasteiger partial charge in [0.25, 0.3) is 0 Å². The lowest BCUT2D eigenvalue weighted by molar-refractivity contribution is 0.173. The summed E-state index contributed by atoms with van der Waals surface area (Å²) < 4.78 is 0. The van der Waals surface area contributed by atoms with E-state index in [1.807, 2.05) is 4.90 Å². The lowest BCUT2D eigenvalue weighted by atomic mass is 10.1. The Morgan fingerprint density at radius 3 is 2.18 bits per heavy atom. The Morgan fingerprint density at radius 2 is 1.59 bits per heavy atom. The molecule has 2 aliphatic heterocycles. The predicted octanol–water partition coefficient (Wildman–Crippen LogP) is 1.42. The summed E-state index contributed by atoms with van der Waals surface area (Å²) in [5.74, 6) is 0. The molecule has 4 nitrogen and oxygen atoms in total. The maximum Gasteiger partial charge on any atom is 0.317 e. The normalized spacial score (nSPS) is 27.4. The minimum absolute atomic E-state index is 0.173. The Bertz CT molecular complexity index is 276. The number of amides is 2. The number of hydrogen-bond donors (Lipinski definition) is 1. The van der Waals surface area contributed by atoms with E-state index in [-0.39, 0.29) is 6.03 Å². The van der Waals surface area contributed by atoms with Crippen LogP contribution in [0.2, 0.25) is 0 Å². The zero-order chi connectivity index (χ0) is 11.7. The van der Waals surface area contributed by atoms with E-state index in [1.165, 1.54) is 38.8 Å². The molecule has 0 bridgehead atoms. The van der Waals surface area contributed by atoms with Gasteiger partial charge in [0, 0.05) is 38.3 Å². The lowest BCUT2D eigenvalue weighted by Gasteiger charge is -2.33. The van der Waals surface area contributed by atoms with Gasteiger partial charge in [0.15, 0.2) is 0 Å². The summed E-state index contributed by atoms with van der Waals surface area (Å²) in [4.78, 5) is 16.5. The first-order chi connectivity index (χ1) is 8.33. The standard InChI is InChI=1S/C13H23N3O/c17-13(16-7-1-2-8-16)14-11-5-9-15(10-6-11)12-3-4-12/h11-12H,1-10H2,(H,14,17). The van der Waals surface area contributed by atoms with Gasteiger partial charge in [-0.05, 0) is 38.5 Å². The molecule has 0 spiro atoms. The predicted molar refractivity (Wildman–Crippen MR) is 67.0 cm³/mol. The Morgan fingerprint density at radius 1 is 0.941 bits per heavy atom. The highest BCUT2D eigenvalue weighted by Crippen LogP contribution is 2.29. The molecule has 4 heteroatoms. The fourth-order valence-corrected chi connectivity index (χ4v) is 3.03. The number of nitrogens with zero attached hydrogens (tertiary/aromatic N) is 2. The van der Waals surface area contributed by atoms with Crippen LogP contribution in [0.5, 0.6) is 0 Å². The largest absolute Gasteiger partial charge is 0.335 e. The van der Waals surface area contributed by atoms with Crippen molar-refractivity contribution in [1.82, 2.24) is 15.1 Å². The fourth-order valence-electron chi connectivity index (χ4n) is 3.03. The molecule has 17 heavy (non-hydrogen) atoms. The second kappa shape index (κ2) is 4.84. The topological polar surface area (TPSA) is 35.6 Å². The Labute approximate surface area is 103 Å². The van der Waals surface area contributed by atoms with Gasteiger partial charge in [-0.25, -0.2) is 4.79 Å². The van der Waals surface area contributed by atoms with Gasteiger partial charge in [0.1, 0.15) is 0 Å². The van der Waals surface area contributed by atoms with Crippen molar-refractivity contribution < 1.29 is 4.79 Å². The van der Waals surface area contributed by atoms with Crippen LogP contribution in [-0.4, -0.2) is 54.1 Å². The summed E-state index contributed by atoms with van der Waals surface area (Å²) in [6, 6.07) is 1.47. The number of hydrogen-bond acceptors (Lipinski definition) is 2. The van der Waals surface area contributed by atoms with Gasteiger partial charge in [0.2, 0.25) is 0 Å². The molecule has 2 amide bonds. The smallest absolute Gasteiger partial charge is 0.317 e. The van der Waals surface area contributed by atoms with E-state index >= 15 is 0 Å². The molecule has 1 saturated carbocycles. The number of piperidine rings is 1. The Balaban J connectivity index is 1.41. The molecule has 0 radical (unpaired) electrons. The molecule has 0 unspecified atom stereocenters. The number of carbonyl (C=O) groups is 1. The van der Waals surface area contributed by atoms with Crippen molar-refractivity contribution in [2.75, 3.05) is 26.2 Å². The number of rotatable bonds is 2. The van der Waals surface area contributed by atoms with Crippen LogP contribution in [0.1, 0.15) is 38.5 Å². The quantitative estimate of drug-likeness (QED) is 0.788. The molecule has 3 aliphatic rings. The Kier molecular flexibility index (Phi) is 3.23. The van der Waals surface area contributed by atoms with Crippen molar-refractivity contribution in [3.63, 3.8) is 0 Å². The summed E-state index contributed by atoms with van der Waals surface area (Å²) in [5, 5.41) is 3.20. The number of nitrogens with one attached hydrogen (secondary N) is 1. The third-order valence-electron chi connectivity index (χ3n) is 4.31. The first kappa shape index (κ1) is 11.3. The average molecular weight is 237 g/mol. The molecule has 0 aromatic carbocycles. The highest BCUT2D eigenvalue weighted by atomic mass is 16.2. The molecule has 3 fully saturated rings. The molecule has 1 N–H and O–H groups in total. The monoisotopic (exact) mass is 237 g/mol. The summed E-state index contributed by atoms with van der Waals surface area (Å²) in [6.45, 7) is 4.25. The third kappa shape index (κ3) is 2.73. The molecular weight excluding hydrogens is 214 g/mol. The molecule has 0 aromatic heterocycles. The lowest BCUT2D eigenvalue weighted by Crippen LogP contribution is -2.48. The zero-order valence-corrected chi connectivity index (χ0v) is 10.5. The summed E-state index contributed by atoms with van der Waals surface area (Å²) in [7, 11) is 0. The van der Waals surface area contributed by atoms with Crippen LogP contribution in [0, 0.1) is 0 Å². The van der Waals surface area contributed by atoms with E-state index < -0.39 is 0 Å². The van der Waals surface area contributed by atoms with Crippen molar-refractivity contribution in [2.45, 2.75) is 50.6 Å². The van der Waals surface area contributed by atoms with Gasteiger partial charge in [-0.2, -0.15) is 0 Å².